The van der Waals surface area contributed by atoms with Crippen LogP contribution in [0.2, 0.25) is 0 Å². The predicted octanol–water partition coefficient (Wildman–Crippen LogP) is 5.24. The lowest BCUT2D eigenvalue weighted by molar-refractivity contribution is -0.121. The maximum atomic E-state index is 12.9. The Balaban J connectivity index is 1.51. The zero-order valence-electron chi connectivity index (χ0n) is 21.1. The minimum Gasteiger partial charge on any atom is -0.378 e. The molecule has 0 aliphatic rings. The van der Waals surface area contributed by atoms with Gasteiger partial charge in [-0.1, -0.05) is 42.1 Å². The van der Waals surface area contributed by atoms with Crippen molar-refractivity contribution in [2.45, 2.75) is 37.8 Å². The number of amides is 1. The number of hydrogen-bond donors (Lipinski definition) is 2. The number of benzene rings is 2. The fourth-order valence-electron chi connectivity index (χ4n) is 4.50. The summed E-state index contributed by atoms with van der Waals surface area (Å²) in [6.45, 7) is 4.51. The van der Waals surface area contributed by atoms with Crippen LogP contribution in [-0.2, 0) is 11.2 Å². The van der Waals surface area contributed by atoms with Crippen molar-refractivity contribution >= 4 is 34.3 Å². The van der Waals surface area contributed by atoms with E-state index < -0.39 is 0 Å². The number of aromatic nitrogens is 3. The third-order valence-corrected chi connectivity index (χ3v) is 7.04. The third-order valence-electron chi connectivity index (χ3n) is 6.50. The van der Waals surface area contributed by atoms with Crippen molar-refractivity contribution in [3.05, 3.63) is 82.8 Å². The Hall–Kier alpha value is -3.32. The molecular weight excluding hydrogens is 454 g/mol. The summed E-state index contributed by atoms with van der Waals surface area (Å²) >= 11 is 1.53. The van der Waals surface area contributed by atoms with Crippen molar-refractivity contribution in [2.24, 2.45) is 0 Å². The van der Waals surface area contributed by atoms with Crippen molar-refractivity contribution < 1.29 is 4.79 Å². The molecule has 7 heteroatoms. The van der Waals surface area contributed by atoms with Gasteiger partial charge in [0.25, 0.3) is 0 Å². The standard InChI is InChI=1S/C28H33N5OS/c1-18-22(19(2)32-28(31-18)35-5)14-15-27(34)30-16-24(20-10-12-21(13-11-20)33(3)4)25-17-29-26-9-7-6-8-23(25)26/h6-13,17,24,29H,14-16H2,1-5H3,(H,30,34). The molecule has 0 spiro atoms. The van der Waals surface area contributed by atoms with Crippen LogP contribution in [0.5, 0.6) is 0 Å². The summed E-state index contributed by atoms with van der Waals surface area (Å²) in [5.74, 6) is 0.0754. The van der Waals surface area contributed by atoms with Crippen LogP contribution in [0, 0.1) is 13.8 Å². The normalized spacial score (nSPS) is 12.0. The first-order chi connectivity index (χ1) is 16.9. The summed E-state index contributed by atoms with van der Waals surface area (Å²) in [6.07, 6.45) is 5.08. The first-order valence-electron chi connectivity index (χ1n) is 11.9. The van der Waals surface area contributed by atoms with Gasteiger partial charge in [0, 0.05) is 67.2 Å². The van der Waals surface area contributed by atoms with E-state index in [0.717, 1.165) is 33.3 Å². The van der Waals surface area contributed by atoms with Crippen molar-refractivity contribution in [3.63, 3.8) is 0 Å². The van der Waals surface area contributed by atoms with Crippen molar-refractivity contribution in [1.29, 1.82) is 0 Å². The maximum absolute atomic E-state index is 12.9. The number of nitrogens with one attached hydrogen (secondary N) is 2. The molecule has 182 valence electrons. The second-order valence-corrected chi connectivity index (χ2v) is 9.77. The van der Waals surface area contributed by atoms with Gasteiger partial charge in [0.2, 0.25) is 5.91 Å². The van der Waals surface area contributed by atoms with E-state index in [1.165, 1.54) is 28.3 Å². The number of carbonyl (C=O) groups is 1. The highest BCUT2D eigenvalue weighted by atomic mass is 32.2. The largest absolute Gasteiger partial charge is 0.378 e. The summed E-state index contributed by atoms with van der Waals surface area (Å²) < 4.78 is 0. The average Bonchev–Trinajstić information content (AvgIpc) is 3.28. The molecule has 0 saturated carbocycles. The Morgan fingerprint density at radius 1 is 1.06 bits per heavy atom. The summed E-state index contributed by atoms with van der Waals surface area (Å²) in [5, 5.41) is 5.15. The summed E-state index contributed by atoms with van der Waals surface area (Å²) in [7, 11) is 4.07. The van der Waals surface area contributed by atoms with E-state index in [1.54, 1.807) is 0 Å². The Morgan fingerprint density at radius 2 is 1.74 bits per heavy atom. The molecule has 4 aromatic rings. The molecule has 0 aliphatic carbocycles. The van der Waals surface area contributed by atoms with Gasteiger partial charge in [0.15, 0.2) is 5.16 Å². The van der Waals surface area contributed by atoms with E-state index in [9.17, 15) is 4.79 Å². The molecule has 1 amide bonds. The number of H-pyrrole nitrogens is 1. The number of carbonyl (C=O) groups excluding carboxylic acids is 1. The fraction of sp³-hybridized carbons (Fsp3) is 0.321. The van der Waals surface area contributed by atoms with Crippen molar-refractivity contribution in [2.75, 3.05) is 31.8 Å². The molecule has 1 atom stereocenters. The van der Waals surface area contributed by atoms with Gasteiger partial charge in [-0.05, 0) is 61.4 Å². The van der Waals surface area contributed by atoms with Gasteiger partial charge in [-0.3, -0.25) is 4.79 Å². The summed E-state index contributed by atoms with van der Waals surface area (Å²) in [5.41, 5.74) is 7.57. The number of hydrogen-bond acceptors (Lipinski definition) is 5. The number of anilines is 1. The number of fused-ring (bicyclic) bond motifs is 1. The molecule has 2 N–H and O–H groups in total. The molecule has 0 fully saturated rings. The Labute approximate surface area is 211 Å². The second-order valence-electron chi connectivity index (χ2n) is 8.99. The zero-order chi connectivity index (χ0) is 24.9. The van der Waals surface area contributed by atoms with Gasteiger partial charge >= 0.3 is 0 Å². The Bertz CT molecular complexity index is 1290. The van der Waals surface area contributed by atoms with Crippen LogP contribution >= 0.6 is 11.8 Å². The number of para-hydroxylation sites is 1. The number of thioether (sulfide) groups is 1. The quantitative estimate of drug-likeness (QED) is 0.249. The lowest BCUT2D eigenvalue weighted by Crippen LogP contribution is -2.29. The zero-order valence-corrected chi connectivity index (χ0v) is 21.9. The van der Waals surface area contributed by atoms with Gasteiger partial charge in [-0.25, -0.2) is 9.97 Å². The molecule has 0 saturated heterocycles. The molecule has 6 nitrogen and oxygen atoms in total. The lowest BCUT2D eigenvalue weighted by Gasteiger charge is -2.20. The van der Waals surface area contributed by atoms with Crippen LogP contribution in [0.1, 0.15) is 40.4 Å². The number of nitrogens with zero attached hydrogens (tertiary/aromatic N) is 3. The number of aryl methyl sites for hydroxylation is 2. The molecule has 4 rings (SSSR count). The van der Waals surface area contributed by atoms with Crippen LogP contribution in [-0.4, -0.2) is 47.8 Å². The fourth-order valence-corrected chi connectivity index (χ4v) is 4.96. The highest BCUT2D eigenvalue weighted by Gasteiger charge is 2.20. The van der Waals surface area contributed by atoms with Crippen LogP contribution in [0.3, 0.4) is 0 Å². The summed E-state index contributed by atoms with van der Waals surface area (Å²) in [4.78, 5) is 27.5. The monoisotopic (exact) mass is 487 g/mol. The highest BCUT2D eigenvalue weighted by Crippen LogP contribution is 2.31. The van der Waals surface area contributed by atoms with E-state index in [4.69, 9.17) is 0 Å². The van der Waals surface area contributed by atoms with E-state index in [1.807, 2.05) is 40.3 Å². The smallest absolute Gasteiger partial charge is 0.220 e. The van der Waals surface area contributed by atoms with Crippen LogP contribution in [0.25, 0.3) is 10.9 Å². The molecule has 0 bridgehead atoms. The van der Waals surface area contributed by atoms with E-state index in [2.05, 4.69) is 73.8 Å². The maximum Gasteiger partial charge on any atom is 0.220 e. The third kappa shape index (κ3) is 5.68. The van der Waals surface area contributed by atoms with E-state index in [-0.39, 0.29) is 11.8 Å². The van der Waals surface area contributed by atoms with Gasteiger partial charge in [0.05, 0.1) is 0 Å². The topological polar surface area (TPSA) is 73.9 Å². The average molecular weight is 488 g/mol. The minimum atomic E-state index is 0.0347. The van der Waals surface area contributed by atoms with Crippen molar-refractivity contribution in [1.82, 2.24) is 20.3 Å². The SMILES string of the molecule is CSc1nc(C)c(CCC(=O)NCC(c2ccc(N(C)C)cc2)c2c[nH]c3ccccc23)c(C)n1. The van der Waals surface area contributed by atoms with E-state index in [0.29, 0.717) is 19.4 Å². The highest BCUT2D eigenvalue weighted by molar-refractivity contribution is 7.98. The van der Waals surface area contributed by atoms with Gasteiger partial charge < -0.3 is 15.2 Å². The predicted molar refractivity (Wildman–Crippen MR) is 146 cm³/mol. The second kappa shape index (κ2) is 11.0. The first kappa shape index (κ1) is 24.8. The Morgan fingerprint density at radius 3 is 2.40 bits per heavy atom. The van der Waals surface area contributed by atoms with Crippen LogP contribution in [0.4, 0.5) is 5.69 Å². The van der Waals surface area contributed by atoms with Crippen molar-refractivity contribution in [3.8, 4) is 0 Å². The molecular formula is C28H33N5OS. The number of rotatable bonds is 9. The lowest BCUT2D eigenvalue weighted by atomic mass is 9.90. The van der Waals surface area contributed by atoms with Gasteiger partial charge in [-0.2, -0.15) is 0 Å². The van der Waals surface area contributed by atoms with Crippen LogP contribution in [0.15, 0.2) is 59.9 Å². The molecule has 2 aromatic heterocycles. The molecule has 0 aliphatic heterocycles. The number of aromatic amines is 1. The minimum absolute atomic E-state index is 0.0347. The van der Waals surface area contributed by atoms with Gasteiger partial charge in [-0.15, -0.1) is 0 Å². The molecule has 2 aromatic carbocycles. The summed E-state index contributed by atoms with van der Waals surface area (Å²) in [6, 6.07) is 16.9. The van der Waals surface area contributed by atoms with Crippen LogP contribution < -0.4 is 10.2 Å². The Kier molecular flexibility index (Phi) is 7.76. The molecule has 1 unspecified atom stereocenters. The van der Waals surface area contributed by atoms with E-state index >= 15 is 0 Å². The molecule has 35 heavy (non-hydrogen) atoms. The molecule has 2 heterocycles. The van der Waals surface area contributed by atoms with Gasteiger partial charge in [0.1, 0.15) is 0 Å². The first-order valence-corrected chi connectivity index (χ1v) is 13.1. The molecule has 0 radical (unpaired) electrons.